The lowest BCUT2D eigenvalue weighted by atomic mass is 10.1. The summed E-state index contributed by atoms with van der Waals surface area (Å²) in [5, 5.41) is 12.1. The van der Waals surface area contributed by atoms with Crippen LogP contribution in [-0.2, 0) is 11.5 Å². The van der Waals surface area contributed by atoms with Crippen molar-refractivity contribution < 1.29 is 14.3 Å². The maximum Gasteiger partial charge on any atom is 0.411 e. The van der Waals surface area contributed by atoms with Crippen molar-refractivity contribution in [2.24, 2.45) is 0 Å². The van der Waals surface area contributed by atoms with Gasteiger partial charge >= 0.3 is 6.09 Å². The summed E-state index contributed by atoms with van der Waals surface area (Å²) in [7, 11) is 1.39. The van der Waals surface area contributed by atoms with E-state index in [1.807, 2.05) is 48.5 Å². The van der Waals surface area contributed by atoms with Crippen LogP contribution >= 0.6 is 23.5 Å². The molecule has 0 unspecified atom stereocenters. The highest BCUT2D eigenvalue weighted by Gasteiger charge is 2.21. The highest BCUT2D eigenvalue weighted by molar-refractivity contribution is 7.99. The molecule has 0 aliphatic rings. The Bertz CT molecular complexity index is 1510. The third kappa shape index (κ3) is 4.96. The Morgan fingerprint density at radius 1 is 0.971 bits per heavy atom. The Balaban J connectivity index is 1.62. The molecule has 5 aromatic rings. The molecule has 3 aromatic carbocycles. The van der Waals surface area contributed by atoms with Crippen LogP contribution in [-0.4, -0.2) is 33.2 Å². The fourth-order valence-electron chi connectivity index (χ4n) is 3.78. The van der Waals surface area contributed by atoms with E-state index in [0.717, 1.165) is 21.1 Å². The van der Waals surface area contributed by atoms with E-state index in [1.54, 1.807) is 11.8 Å². The summed E-state index contributed by atoms with van der Waals surface area (Å²) < 4.78 is 14.6. The smallest absolute Gasteiger partial charge is 0.411 e. The van der Waals surface area contributed by atoms with Gasteiger partial charge in [-0.1, -0.05) is 72.4 Å². The van der Waals surface area contributed by atoms with Crippen molar-refractivity contribution in [3.63, 3.8) is 0 Å². The number of nitrogens with one attached hydrogen (secondary N) is 1. The molecule has 0 bridgehead atoms. The van der Waals surface area contributed by atoms with Gasteiger partial charge in [0.15, 0.2) is 5.16 Å². The number of anilines is 1. The Kier molecular flexibility index (Phi) is 6.61. The van der Waals surface area contributed by atoms with Crippen LogP contribution in [0.3, 0.4) is 0 Å². The topological polar surface area (TPSA) is 82.1 Å². The number of aromatic nitrogens is 3. The minimum absolute atomic E-state index is 0.225. The minimum atomic E-state index is -1.18. The lowest BCUT2D eigenvalue weighted by Gasteiger charge is -2.14. The molecule has 0 aliphatic heterocycles. The van der Waals surface area contributed by atoms with Crippen LogP contribution in [0.2, 0.25) is 0 Å². The summed E-state index contributed by atoms with van der Waals surface area (Å²) in [6, 6.07) is 22.7. The van der Waals surface area contributed by atoms with E-state index in [1.165, 1.54) is 30.9 Å². The fraction of sp³-hybridized carbons (Fsp3) is 0.115. The highest BCUT2D eigenvalue weighted by Crippen LogP contribution is 2.39. The molecule has 176 valence electrons. The summed E-state index contributed by atoms with van der Waals surface area (Å²) in [4.78, 5) is 25.4. The molecule has 0 atom stereocenters. The monoisotopic (exact) mass is 504 g/mol. The lowest BCUT2D eigenvalue weighted by Crippen LogP contribution is -2.24. The molecular formula is C26H21FN4O2S2. The zero-order valence-electron chi connectivity index (χ0n) is 18.7. The number of thioether (sulfide) groups is 2. The van der Waals surface area contributed by atoms with Gasteiger partial charge in [0.1, 0.15) is 16.5 Å². The van der Waals surface area contributed by atoms with Crippen molar-refractivity contribution >= 4 is 57.2 Å². The maximum absolute atomic E-state index is 14.6. The third-order valence-corrected chi connectivity index (χ3v) is 7.49. The number of carbonyl (C=O) groups is 1. The number of hydrogen-bond acceptors (Lipinski definition) is 5. The minimum Gasteiger partial charge on any atom is -0.465 e. The molecule has 1 amide bonds. The third-order valence-electron chi connectivity index (χ3n) is 5.53. The number of amides is 1. The number of H-pyrrole nitrogens is 1. The number of hydrogen-bond donors (Lipinski definition) is 2. The van der Waals surface area contributed by atoms with Crippen LogP contribution in [0.4, 0.5) is 14.9 Å². The molecule has 0 saturated carbocycles. The largest absolute Gasteiger partial charge is 0.465 e. The number of aromatic amines is 1. The first-order chi connectivity index (χ1) is 17.0. The molecule has 0 aliphatic carbocycles. The van der Waals surface area contributed by atoms with Crippen molar-refractivity contribution in [1.82, 2.24) is 15.0 Å². The number of fused-ring (bicyclic) bond motifs is 3. The zero-order valence-corrected chi connectivity index (χ0v) is 20.4. The van der Waals surface area contributed by atoms with E-state index < -0.39 is 11.9 Å². The van der Waals surface area contributed by atoms with Gasteiger partial charge in [-0.3, -0.25) is 4.90 Å². The maximum atomic E-state index is 14.6. The fourth-order valence-corrected chi connectivity index (χ4v) is 5.63. The van der Waals surface area contributed by atoms with Gasteiger partial charge in [-0.15, -0.1) is 11.8 Å². The predicted molar refractivity (Wildman–Crippen MR) is 140 cm³/mol. The summed E-state index contributed by atoms with van der Waals surface area (Å²) in [5.74, 6) is 0.861. The molecule has 0 spiro atoms. The number of benzene rings is 3. The van der Waals surface area contributed by atoms with E-state index >= 15 is 0 Å². The summed E-state index contributed by atoms with van der Waals surface area (Å²) in [5.41, 5.74) is 3.57. The Morgan fingerprint density at radius 2 is 1.60 bits per heavy atom. The molecule has 2 aromatic heterocycles. The van der Waals surface area contributed by atoms with E-state index in [2.05, 4.69) is 17.1 Å². The molecule has 0 fully saturated rings. The van der Waals surface area contributed by atoms with Gasteiger partial charge < -0.3 is 10.1 Å². The van der Waals surface area contributed by atoms with E-state index in [4.69, 9.17) is 9.97 Å². The summed E-state index contributed by atoms with van der Waals surface area (Å²) >= 11 is 3.07. The average Bonchev–Trinajstić information content (AvgIpc) is 3.24. The van der Waals surface area contributed by atoms with E-state index in [9.17, 15) is 14.3 Å². The average molecular weight is 505 g/mol. The van der Waals surface area contributed by atoms with Gasteiger partial charge in [0.25, 0.3) is 0 Å². The highest BCUT2D eigenvalue weighted by atomic mass is 32.2. The Morgan fingerprint density at radius 3 is 2.23 bits per heavy atom. The second kappa shape index (κ2) is 9.97. The molecular weight excluding hydrogens is 483 g/mol. The molecule has 35 heavy (non-hydrogen) atoms. The van der Waals surface area contributed by atoms with Crippen molar-refractivity contribution in [2.45, 2.75) is 21.7 Å². The molecule has 6 nitrogen and oxygen atoms in total. The lowest BCUT2D eigenvalue weighted by molar-refractivity contribution is 0.203. The first-order valence-electron chi connectivity index (χ1n) is 10.8. The van der Waals surface area contributed by atoms with Crippen LogP contribution < -0.4 is 4.90 Å². The first-order valence-corrected chi connectivity index (χ1v) is 12.8. The van der Waals surface area contributed by atoms with Gasteiger partial charge in [0.05, 0.1) is 16.6 Å². The van der Waals surface area contributed by atoms with Crippen LogP contribution in [0.15, 0.2) is 83.0 Å². The molecule has 9 heteroatoms. The first kappa shape index (κ1) is 23.2. The molecule has 2 heterocycles. The number of carboxylic acid groups (broad SMARTS) is 1. The molecule has 2 N–H and O–H groups in total. The zero-order chi connectivity index (χ0) is 24.4. The number of nitrogens with zero attached hydrogens (tertiary/aromatic N) is 3. The summed E-state index contributed by atoms with van der Waals surface area (Å²) in [6.45, 7) is 0. The molecule has 0 radical (unpaired) electrons. The summed E-state index contributed by atoms with van der Waals surface area (Å²) in [6.07, 6.45) is -1.18. The van der Waals surface area contributed by atoms with Crippen molar-refractivity contribution in [1.29, 1.82) is 0 Å². The van der Waals surface area contributed by atoms with Gasteiger partial charge in [-0.05, 0) is 23.3 Å². The quantitative estimate of drug-likeness (QED) is 0.142. The standard InChI is InChI=1S/C26H21FN4O2S2/c1-31(26(32)33)20-13-18(27)12-19-21-23(28-22(19)20)29-25(35-15-17-10-6-3-7-11-17)30-24(21)34-14-16-8-4-2-5-9-16/h2-13H,14-15H2,1H3,(H,32,33)(H,28,29,30). The molecule has 0 saturated heterocycles. The van der Waals surface area contributed by atoms with Gasteiger partial charge in [0, 0.05) is 23.9 Å². The second-order valence-electron chi connectivity index (χ2n) is 7.90. The van der Waals surface area contributed by atoms with Crippen molar-refractivity contribution in [3.8, 4) is 0 Å². The number of rotatable bonds is 7. The van der Waals surface area contributed by atoms with E-state index in [0.29, 0.717) is 38.6 Å². The van der Waals surface area contributed by atoms with Gasteiger partial charge in [-0.2, -0.15) is 0 Å². The van der Waals surface area contributed by atoms with Crippen LogP contribution in [0.25, 0.3) is 21.9 Å². The van der Waals surface area contributed by atoms with Crippen molar-refractivity contribution in [3.05, 3.63) is 89.7 Å². The molecule has 5 rings (SSSR count). The predicted octanol–water partition coefficient (Wildman–Crippen LogP) is 6.95. The normalized spacial score (nSPS) is 11.3. The van der Waals surface area contributed by atoms with Crippen LogP contribution in [0.5, 0.6) is 0 Å². The van der Waals surface area contributed by atoms with E-state index in [-0.39, 0.29) is 5.69 Å². The Hall–Kier alpha value is -3.56. The van der Waals surface area contributed by atoms with Gasteiger partial charge in [-0.25, -0.2) is 19.2 Å². The SMILES string of the molecule is CN(C(=O)O)c1cc(F)cc2c1[nH]c1nc(SCc3ccccc3)nc(SCc3ccccc3)c12. The number of halogens is 1. The van der Waals surface area contributed by atoms with Gasteiger partial charge in [0.2, 0.25) is 0 Å². The Labute approximate surface area is 209 Å². The second-order valence-corrected chi connectivity index (χ2v) is 9.80. The van der Waals surface area contributed by atoms with Crippen molar-refractivity contribution in [2.75, 3.05) is 11.9 Å². The van der Waals surface area contributed by atoms with Crippen LogP contribution in [0, 0.1) is 5.82 Å². The van der Waals surface area contributed by atoms with Crippen LogP contribution in [0.1, 0.15) is 11.1 Å².